The first-order valence-electron chi connectivity index (χ1n) is 11.6. The minimum Gasteiger partial charge on any atom is -0.494 e. The highest BCUT2D eigenvalue weighted by Gasteiger charge is 2.11. The van der Waals surface area contributed by atoms with E-state index in [1.165, 1.54) is 5.56 Å². The Hall–Kier alpha value is -3.67. The SMILES string of the molecule is CCc1ccc(OCCCCn2c(CCNC(=O)c3cccnc3)nc3ccccc32)cc1. The molecule has 4 aromatic rings. The quantitative estimate of drug-likeness (QED) is 0.338. The number of aromatic nitrogens is 3. The van der Waals surface area contributed by atoms with Crippen molar-refractivity contribution in [2.45, 2.75) is 39.2 Å². The van der Waals surface area contributed by atoms with Crippen LogP contribution < -0.4 is 10.1 Å². The summed E-state index contributed by atoms with van der Waals surface area (Å²) in [6, 6.07) is 20.0. The summed E-state index contributed by atoms with van der Waals surface area (Å²) in [7, 11) is 0. The predicted molar refractivity (Wildman–Crippen MR) is 131 cm³/mol. The number of fused-ring (bicyclic) bond motifs is 1. The van der Waals surface area contributed by atoms with E-state index in [0.29, 0.717) is 25.1 Å². The molecule has 0 fully saturated rings. The summed E-state index contributed by atoms with van der Waals surface area (Å²) in [5, 5.41) is 2.97. The van der Waals surface area contributed by atoms with Crippen molar-refractivity contribution in [3.05, 3.63) is 90.0 Å². The molecule has 6 heteroatoms. The lowest BCUT2D eigenvalue weighted by atomic mass is 10.2. The summed E-state index contributed by atoms with van der Waals surface area (Å²) in [5.74, 6) is 1.79. The number of imidazole rings is 1. The number of nitrogens with one attached hydrogen (secondary N) is 1. The van der Waals surface area contributed by atoms with Gasteiger partial charge in [0.05, 0.1) is 23.2 Å². The molecule has 2 aromatic carbocycles. The van der Waals surface area contributed by atoms with Gasteiger partial charge >= 0.3 is 0 Å². The normalized spacial score (nSPS) is 10.9. The van der Waals surface area contributed by atoms with E-state index < -0.39 is 0 Å². The van der Waals surface area contributed by atoms with E-state index in [0.717, 1.165) is 48.4 Å². The Kier molecular flexibility index (Phi) is 7.69. The minimum absolute atomic E-state index is 0.116. The largest absolute Gasteiger partial charge is 0.494 e. The van der Waals surface area contributed by atoms with Crippen LogP contribution in [-0.4, -0.2) is 33.6 Å². The lowest BCUT2D eigenvalue weighted by Gasteiger charge is -2.11. The third-order valence-electron chi connectivity index (χ3n) is 5.67. The van der Waals surface area contributed by atoms with Crippen molar-refractivity contribution in [1.82, 2.24) is 19.9 Å². The fourth-order valence-electron chi connectivity index (χ4n) is 3.84. The molecule has 170 valence electrons. The van der Waals surface area contributed by atoms with Gasteiger partial charge in [-0.1, -0.05) is 31.2 Å². The molecule has 6 nitrogen and oxygen atoms in total. The number of hydrogen-bond acceptors (Lipinski definition) is 4. The maximum absolute atomic E-state index is 12.3. The number of carbonyl (C=O) groups is 1. The second-order valence-electron chi connectivity index (χ2n) is 7.97. The van der Waals surface area contributed by atoms with Gasteiger partial charge in [-0.2, -0.15) is 0 Å². The van der Waals surface area contributed by atoms with Crippen LogP contribution in [0.25, 0.3) is 11.0 Å². The average molecular weight is 443 g/mol. The van der Waals surface area contributed by atoms with Crippen molar-refractivity contribution in [2.75, 3.05) is 13.2 Å². The Morgan fingerprint density at radius 3 is 2.67 bits per heavy atom. The van der Waals surface area contributed by atoms with Gasteiger partial charge in [-0.15, -0.1) is 0 Å². The summed E-state index contributed by atoms with van der Waals surface area (Å²) in [6.45, 7) is 4.23. The Labute approximate surface area is 194 Å². The molecule has 2 aromatic heterocycles. The van der Waals surface area contributed by atoms with E-state index in [1.54, 1.807) is 24.5 Å². The molecule has 1 N–H and O–H groups in total. The Morgan fingerprint density at radius 2 is 1.88 bits per heavy atom. The molecular weight excluding hydrogens is 412 g/mol. The van der Waals surface area contributed by atoms with E-state index >= 15 is 0 Å². The van der Waals surface area contributed by atoms with Gasteiger partial charge in [0.15, 0.2) is 0 Å². The summed E-state index contributed by atoms with van der Waals surface area (Å²) in [4.78, 5) is 21.1. The van der Waals surface area contributed by atoms with Crippen LogP contribution >= 0.6 is 0 Å². The molecule has 0 spiro atoms. The molecule has 0 aliphatic rings. The number of hydrogen-bond donors (Lipinski definition) is 1. The highest BCUT2D eigenvalue weighted by atomic mass is 16.5. The summed E-state index contributed by atoms with van der Waals surface area (Å²) < 4.78 is 8.16. The van der Waals surface area contributed by atoms with Crippen LogP contribution in [0, 0.1) is 0 Å². The number of benzene rings is 2. The first-order chi connectivity index (χ1) is 16.2. The Bertz CT molecular complexity index is 1170. The number of aryl methyl sites for hydroxylation is 2. The van der Waals surface area contributed by atoms with Crippen LogP contribution in [0.3, 0.4) is 0 Å². The molecule has 4 rings (SSSR count). The summed E-state index contributed by atoms with van der Waals surface area (Å²) in [6.07, 6.45) is 6.88. The molecule has 2 heterocycles. The lowest BCUT2D eigenvalue weighted by molar-refractivity contribution is 0.0953. The van der Waals surface area contributed by atoms with Crippen molar-refractivity contribution in [2.24, 2.45) is 0 Å². The molecule has 0 atom stereocenters. The Balaban J connectivity index is 1.31. The minimum atomic E-state index is -0.116. The van der Waals surface area contributed by atoms with Crippen LogP contribution in [-0.2, 0) is 19.4 Å². The smallest absolute Gasteiger partial charge is 0.252 e. The zero-order valence-electron chi connectivity index (χ0n) is 19.0. The van der Waals surface area contributed by atoms with E-state index in [9.17, 15) is 4.79 Å². The van der Waals surface area contributed by atoms with Gasteiger partial charge in [0.2, 0.25) is 0 Å². The first kappa shape index (κ1) is 22.5. The van der Waals surface area contributed by atoms with Crippen LogP contribution in [0.2, 0.25) is 0 Å². The van der Waals surface area contributed by atoms with Crippen molar-refractivity contribution >= 4 is 16.9 Å². The average Bonchev–Trinajstić information content (AvgIpc) is 3.22. The number of nitrogens with zero attached hydrogens (tertiary/aromatic N) is 3. The number of ether oxygens (including phenoxy) is 1. The third kappa shape index (κ3) is 5.98. The van der Waals surface area contributed by atoms with Gasteiger partial charge < -0.3 is 14.6 Å². The lowest BCUT2D eigenvalue weighted by Crippen LogP contribution is -2.26. The molecule has 0 aliphatic carbocycles. The second kappa shape index (κ2) is 11.3. The zero-order chi connectivity index (χ0) is 22.9. The molecule has 0 bridgehead atoms. The molecule has 0 saturated carbocycles. The summed E-state index contributed by atoms with van der Waals surface area (Å²) >= 11 is 0. The van der Waals surface area contributed by atoms with Crippen molar-refractivity contribution in [1.29, 1.82) is 0 Å². The molecule has 0 aliphatic heterocycles. The zero-order valence-corrected chi connectivity index (χ0v) is 19.0. The highest BCUT2D eigenvalue weighted by molar-refractivity contribution is 5.93. The van der Waals surface area contributed by atoms with Gasteiger partial charge in [0.25, 0.3) is 5.91 Å². The van der Waals surface area contributed by atoms with E-state index in [-0.39, 0.29) is 5.91 Å². The maximum atomic E-state index is 12.3. The van der Waals surface area contributed by atoms with Gasteiger partial charge in [0, 0.05) is 31.9 Å². The van der Waals surface area contributed by atoms with E-state index in [1.807, 2.05) is 30.3 Å². The van der Waals surface area contributed by atoms with Gasteiger partial charge in [-0.3, -0.25) is 9.78 Å². The number of amides is 1. The standard InChI is InChI=1S/C27H30N4O2/c1-2-21-11-13-23(14-12-21)33-19-6-5-18-31-25-10-4-3-9-24(25)30-26(31)15-17-29-27(32)22-8-7-16-28-20-22/h3-4,7-14,16,20H,2,5-6,15,17-19H2,1H3,(H,29,32). The van der Waals surface area contributed by atoms with Crippen molar-refractivity contribution in [3.8, 4) is 5.75 Å². The number of carbonyl (C=O) groups excluding carboxylic acids is 1. The van der Waals surface area contributed by atoms with Crippen LogP contribution in [0.1, 0.15) is 41.5 Å². The Morgan fingerprint density at radius 1 is 1.03 bits per heavy atom. The topological polar surface area (TPSA) is 69.0 Å². The maximum Gasteiger partial charge on any atom is 0.252 e. The van der Waals surface area contributed by atoms with Crippen LogP contribution in [0.15, 0.2) is 73.1 Å². The van der Waals surface area contributed by atoms with Gasteiger partial charge in [0.1, 0.15) is 11.6 Å². The van der Waals surface area contributed by atoms with Gasteiger partial charge in [-0.05, 0) is 61.2 Å². The fourth-order valence-corrected chi connectivity index (χ4v) is 3.84. The molecular formula is C27H30N4O2. The number of pyridine rings is 1. The van der Waals surface area contributed by atoms with E-state index in [4.69, 9.17) is 9.72 Å². The summed E-state index contributed by atoms with van der Waals surface area (Å²) in [5.41, 5.74) is 3.99. The van der Waals surface area contributed by atoms with Crippen LogP contribution in [0.5, 0.6) is 5.75 Å². The molecule has 0 radical (unpaired) electrons. The molecule has 33 heavy (non-hydrogen) atoms. The number of para-hydroxylation sites is 2. The molecule has 0 saturated heterocycles. The fraction of sp³-hybridized carbons (Fsp3) is 0.296. The van der Waals surface area contributed by atoms with E-state index in [2.05, 4.69) is 40.0 Å². The first-order valence-corrected chi connectivity index (χ1v) is 11.6. The third-order valence-corrected chi connectivity index (χ3v) is 5.67. The number of rotatable bonds is 11. The van der Waals surface area contributed by atoms with Crippen molar-refractivity contribution < 1.29 is 9.53 Å². The van der Waals surface area contributed by atoms with Crippen LogP contribution in [0.4, 0.5) is 0 Å². The molecule has 1 amide bonds. The molecule has 0 unspecified atom stereocenters. The predicted octanol–water partition coefficient (Wildman–Crippen LogP) is 4.83. The van der Waals surface area contributed by atoms with Crippen molar-refractivity contribution in [3.63, 3.8) is 0 Å². The monoisotopic (exact) mass is 442 g/mol. The highest BCUT2D eigenvalue weighted by Crippen LogP contribution is 2.18. The number of unbranched alkanes of at least 4 members (excludes halogenated alkanes) is 1. The van der Waals surface area contributed by atoms with Gasteiger partial charge in [-0.25, -0.2) is 4.98 Å². The second-order valence-corrected chi connectivity index (χ2v) is 7.97.